The Morgan fingerprint density at radius 2 is 1.07 bits per heavy atom. The minimum atomic E-state index is -0.970. The highest BCUT2D eigenvalue weighted by Crippen LogP contribution is 2.38. The monoisotopic (exact) mass is 658 g/mol. The third-order valence-corrected chi connectivity index (χ3v) is 7.97. The molecule has 0 bridgehead atoms. The third-order valence-electron chi connectivity index (χ3n) is 6.87. The van der Waals surface area contributed by atoms with Gasteiger partial charge < -0.3 is 20.9 Å². The highest BCUT2D eigenvalue weighted by molar-refractivity contribution is 6.36. The van der Waals surface area contributed by atoms with Crippen LogP contribution in [0.4, 0.5) is 24.8 Å². The lowest BCUT2D eigenvalue weighted by atomic mass is 10.0. The summed E-state index contributed by atoms with van der Waals surface area (Å²) in [7, 11) is 0. The zero-order valence-corrected chi connectivity index (χ0v) is 25.5. The summed E-state index contributed by atoms with van der Waals surface area (Å²) in [6, 6.07) is 15.3. The zero-order valence-electron chi connectivity index (χ0n) is 23.2. The molecule has 0 spiro atoms. The molecule has 0 amide bonds. The minimum Gasteiger partial charge on any atom is -0.482 e. The molecule has 44 heavy (non-hydrogen) atoms. The first-order chi connectivity index (χ1) is 20.9. The lowest BCUT2D eigenvalue weighted by Crippen LogP contribution is -2.09. The lowest BCUT2D eigenvalue weighted by molar-refractivity contribution is 0.221. The highest BCUT2D eigenvalue weighted by Gasteiger charge is 2.22. The molecule has 2 heterocycles. The van der Waals surface area contributed by atoms with Gasteiger partial charge in [-0.3, -0.25) is 0 Å². The number of rotatable bonds is 8. The fourth-order valence-electron chi connectivity index (χ4n) is 4.62. The van der Waals surface area contributed by atoms with Crippen LogP contribution in [0.25, 0.3) is 22.3 Å². The smallest absolute Gasteiger partial charge is 0.166 e. The van der Waals surface area contributed by atoms with Crippen LogP contribution < -0.4 is 20.9 Å². The SMILES string of the molecule is CC(Oc1cc(-c2cccc(-c3cnc(N)c(OC(C)c4c(Cl)ccc(F)c4Cl)c3)c2)cnc1N)c1c(F)ccc(F)c1Cl. The molecule has 226 valence electrons. The topological polar surface area (TPSA) is 96.3 Å². The average molecular weight is 660 g/mol. The molecular weight excluding hydrogens is 636 g/mol. The Morgan fingerprint density at radius 1 is 0.614 bits per heavy atom. The second-order valence-electron chi connectivity index (χ2n) is 9.83. The van der Waals surface area contributed by atoms with Crippen molar-refractivity contribution in [1.29, 1.82) is 0 Å². The number of benzene rings is 3. The largest absolute Gasteiger partial charge is 0.482 e. The summed E-state index contributed by atoms with van der Waals surface area (Å²) < 4.78 is 54.5. The fourth-order valence-corrected chi connectivity index (χ4v) is 5.61. The number of nitrogens with two attached hydrogens (primary N) is 2. The molecule has 12 heteroatoms. The van der Waals surface area contributed by atoms with E-state index in [1.165, 1.54) is 19.1 Å². The van der Waals surface area contributed by atoms with Gasteiger partial charge in [0.25, 0.3) is 0 Å². The summed E-state index contributed by atoms with van der Waals surface area (Å²) in [5.74, 6) is -1.51. The first kappa shape index (κ1) is 31.3. The van der Waals surface area contributed by atoms with Gasteiger partial charge in [0, 0.05) is 39.7 Å². The van der Waals surface area contributed by atoms with Crippen molar-refractivity contribution in [2.45, 2.75) is 26.1 Å². The van der Waals surface area contributed by atoms with Crippen molar-refractivity contribution in [1.82, 2.24) is 9.97 Å². The maximum Gasteiger partial charge on any atom is 0.166 e. The lowest BCUT2D eigenvalue weighted by Gasteiger charge is -2.19. The molecule has 2 aromatic heterocycles. The molecule has 0 aliphatic heterocycles. The van der Waals surface area contributed by atoms with Crippen LogP contribution in [0.2, 0.25) is 15.1 Å². The summed E-state index contributed by atoms with van der Waals surface area (Å²) in [6.45, 7) is 3.20. The Balaban J connectivity index is 1.43. The van der Waals surface area contributed by atoms with Crippen molar-refractivity contribution in [3.05, 3.63) is 117 Å². The van der Waals surface area contributed by atoms with Gasteiger partial charge in [-0.1, -0.05) is 53.0 Å². The predicted octanol–water partition coefficient (Wildman–Crippen LogP) is 9.63. The van der Waals surface area contributed by atoms with Crippen LogP contribution >= 0.6 is 34.8 Å². The van der Waals surface area contributed by atoms with Crippen LogP contribution in [0.3, 0.4) is 0 Å². The van der Waals surface area contributed by atoms with Gasteiger partial charge in [-0.2, -0.15) is 0 Å². The maximum absolute atomic E-state index is 14.5. The number of halogens is 6. The fraction of sp³-hybridized carbons (Fsp3) is 0.125. The zero-order chi connectivity index (χ0) is 31.7. The molecule has 2 atom stereocenters. The van der Waals surface area contributed by atoms with E-state index < -0.39 is 29.7 Å². The summed E-state index contributed by atoms with van der Waals surface area (Å²) in [4.78, 5) is 8.50. The normalized spacial score (nSPS) is 12.5. The van der Waals surface area contributed by atoms with E-state index in [1.807, 2.05) is 24.3 Å². The van der Waals surface area contributed by atoms with Crippen molar-refractivity contribution in [2.75, 3.05) is 11.5 Å². The average Bonchev–Trinajstić information content (AvgIpc) is 2.99. The second-order valence-corrected chi connectivity index (χ2v) is 11.0. The van der Waals surface area contributed by atoms with E-state index in [9.17, 15) is 13.2 Å². The van der Waals surface area contributed by atoms with Gasteiger partial charge in [-0.05, 0) is 67.4 Å². The molecule has 0 saturated carbocycles. The van der Waals surface area contributed by atoms with E-state index in [0.717, 1.165) is 23.3 Å². The van der Waals surface area contributed by atoms with Gasteiger partial charge in [-0.15, -0.1) is 0 Å². The number of aromatic nitrogens is 2. The van der Waals surface area contributed by atoms with E-state index in [-0.39, 0.29) is 49.3 Å². The highest BCUT2D eigenvalue weighted by atomic mass is 35.5. The summed E-state index contributed by atoms with van der Waals surface area (Å²) in [5.41, 5.74) is 15.1. The molecule has 3 aromatic carbocycles. The minimum absolute atomic E-state index is 0.0573. The van der Waals surface area contributed by atoms with Crippen LogP contribution in [0.5, 0.6) is 11.5 Å². The first-order valence-electron chi connectivity index (χ1n) is 13.2. The Bertz CT molecular complexity index is 1750. The summed E-state index contributed by atoms with van der Waals surface area (Å²) >= 11 is 18.4. The van der Waals surface area contributed by atoms with Gasteiger partial charge in [0.05, 0.1) is 10.0 Å². The summed E-state index contributed by atoms with van der Waals surface area (Å²) in [5, 5.41) is -0.262. The van der Waals surface area contributed by atoms with E-state index in [2.05, 4.69) is 9.97 Å². The number of nitrogens with zero attached hydrogens (tertiary/aromatic N) is 2. The molecule has 0 aliphatic carbocycles. The first-order valence-corrected chi connectivity index (χ1v) is 14.3. The maximum atomic E-state index is 14.5. The Morgan fingerprint density at radius 3 is 1.61 bits per heavy atom. The number of pyridine rings is 2. The Hall–Kier alpha value is -4.18. The van der Waals surface area contributed by atoms with Crippen molar-refractivity contribution in [3.8, 4) is 33.8 Å². The summed E-state index contributed by atoms with van der Waals surface area (Å²) in [6.07, 6.45) is 1.44. The van der Waals surface area contributed by atoms with Crippen LogP contribution in [-0.4, -0.2) is 9.97 Å². The van der Waals surface area contributed by atoms with Crippen molar-refractivity contribution in [2.24, 2.45) is 0 Å². The van der Waals surface area contributed by atoms with Gasteiger partial charge in [-0.25, -0.2) is 23.1 Å². The van der Waals surface area contributed by atoms with Gasteiger partial charge in [0.2, 0.25) is 0 Å². The van der Waals surface area contributed by atoms with Crippen molar-refractivity contribution < 1.29 is 22.6 Å². The molecule has 5 rings (SSSR count). The van der Waals surface area contributed by atoms with Crippen LogP contribution in [0.15, 0.2) is 73.1 Å². The molecule has 5 aromatic rings. The molecular formula is C32H24Cl3F3N4O2. The molecule has 4 N–H and O–H groups in total. The Kier molecular flexibility index (Phi) is 9.10. The second kappa shape index (κ2) is 12.8. The molecule has 0 fully saturated rings. The van der Waals surface area contributed by atoms with Crippen LogP contribution in [0.1, 0.15) is 37.2 Å². The molecule has 0 radical (unpaired) electrons. The van der Waals surface area contributed by atoms with Crippen molar-refractivity contribution in [3.63, 3.8) is 0 Å². The standard InChI is InChI=1S/C32H24Cl3F3N4O2/c1-15(27-21(33)6-7-23(37)29(27)34)43-25-11-19(13-41-31(25)39)17-4-3-5-18(10-17)20-12-26(32(40)42-14-20)44-16(2)28-22(36)8-9-24(38)30(28)35/h3-16H,1-2H3,(H2,39,41)(H2,40,42). The van der Waals surface area contributed by atoms with E-state index in [1.54, 1.807) is 31.5 Å². The number of hydrogen-bond acceptors (Lipinski definition) is 6. The molecule has 6 nitrogen and oxygen atoms in total. The van der Waals surface area contributed by atoms with E-state index in [4.69, 9.17) is 55.7 Å². The van der Waals surface area contributed by atoms with Crippen LogP contribution in [-0.2, 0) is 0 Å². The van der Waals surface area contributed by atoms with Gasteiger partial charge >= 0.3 is 0 Å². The van der Waals surface area contributed by atoms with Crippen LogP contribution in [0, 0.1) is 17.5 Å². The number of nitrogen functional groups attached to an aromatic ring is 2. The van der Waals surface area contributed by atoms with E-state index >= 15 is 0 Å². The number of hydrogen-bond donors (Lipinski definition) is 2. The quantitative estimate of drug-likeness (QED) is 0.161. The molecule has 0 saturated heterocycles. The Labute approximate surface area is 266 Å². The van der Waals surface area contributed by atoms with Gasteiger partial charge in [0.1, 0.15) is 29.7 Å². The van der Waals surface area contributed by atoms with E-state index in [0.29, 0.717) is 11.1 Å². The van der Waals surface area contributed by atoms with Crippen molar-refractivity contribution >= 4 is 46.4 Å². The molecule has 2 unspecified atom stereocenters. The predicted molar refractivity (Wildman–Crippen MR) is 168 cm³/mol. The number of ether oxygens (including phenoxy) is 2. The molecule has 0 aliphatic rings. The number of anilines is 2. The van der Waals surface area contributed by atoms with Gasteiger partial charge in [0.15, 0.2) is 23.1 Å². The third kappa shape index (κ3) is 6.36.